The lowest BCUT2D eigenvalue weighted by Crippen LogP contribution is -2.19. The third kappa shape index (κ3) is 4.57. The van der Waals surface area contributed by atoms with Crippen LogP contribution in [-0.2, 0) is 4.79 Å². The number of primary amides is 1. The molecule has 136 valence electrons. The minimum Gasteiger partial charge on any atom is -0.484 e. The van der Waals surface area contributed by atoms with Gasteiger partial charge in [-0.05, 0) is 36.4 Å². The minimum atomic E-state index is -0.546. The Balaban J connectivity index is 1.82. The first-order chi connectivity index (χ1) is 13.0. The van der Waals surface area contributed by atoms with Crippen molar-refractivity contribution in [2.24, 2.45) is 5.73 Å². The van der Waals surface area contributed by atoms with E-state index in [1.54, 1.807) is 42.6 Å². The van der Waals surface area contributed by atoms with Crippen LogP contribution in [0.4, 0.5) is 17.2 Å². The highest BCUT2D eigenvalue weighted by Gasteiger charge is 2.06. The molecule has 0 aliphatic carbocycles. The number of anilines is 3. The van der Waals surface area contributed by atoms with Crippen molar-refractivity contribution in [3.63, 3.8) is 0 Å². The van der Waals surface area contributed by atoms with Gasteiger partial charge in [0.25, 0.3) is 5.91 Å². The van der Waals surface area contributed by atoms with Crippen LogP contribution in [0.5, 0.6) is 5.75 Å². The van der Waals surface area contributed by atoms with E-state index < -0.39 is 5.91 Å². The third-order valence-corrected chi connectivity index (χ3v) is 3.64. The number of nitrogen functional groups attached to an aromatic ring is 1. The number of hydrogen-bond donors (Lipinski definition) is 4. The molecule has 6 N–H and O–H groups in total. The number of nitrogens with zero attached hydrogens (tertiary/aromatic N) is 2. The molecule has 3 aromatic rings. The van der Waals surface area contributed by atoms with E-state index >= 15 is 0 Å². The second kappa shape index (κ2) is 7.96. The topological polar surface area (TPSA) is 140 Å². The van der Waals surface area contributed by atoms with Crippen molar-refractivity contribution in [2.75, 3.05) is 17.7 Å². The van der Waals surface area contributed by atoms with Crippen LogP contribution in [0.2, 0.25) is 0 Å². The van der Waals surface area contributed by atoms with Gasteiger partial charge in [0.1, 0.15) is 11.6 Å². The van der Waals surface area contributed by atoms with Crippen LogP contribution in [0.15, 0.2) is 54.7 Å². The zero-order valence-corrected chi connectivity index (χ0v) is 14.3. The molecular weight excluding hydrogens is 344 g/mol. The molecule has 0 aliphatic heterocycles. The number of hydrogen-bond acceptors (Lipinski definition) is 7. The van der Waals surface area contributed by atoms with Crippen molar-refractivity contribution < 1.29 is 9.53 Å². The van der Waals surface area contributed by atoms with Gasteiger partial charge in [-0.2, -0.15) is 0 Å². The summed E-state index contributed by atoms with van der Waals surface area (Å²) in [5.74, 6) is 1.04. The Morgan fingerprint density at radius 2 is 2.07 bits per heavy atom. The molecule has 3 rings (SSSR count). The molecule has 0 unspecified atom stereocenters. The third-order valence-electron chi connectivity index (χ3n) is 3.64. The van der Waals surface area contributed by atoms with Crippen LogP contribution in [0.3, 0.4) is 0 Å². The second-order valence-electron chi connectivity index (χ2n) is 5.66. The molecule has 0 aliphatic rings. The summed E-state index contributed by atoms with van der Waals surface area (Å²) in [6.45, 7) is -0.196. The summed E-state index contributed by atoms with van der Waals surface area (Å²) < 4.78 is 5.31. The molecule has 0 spiro atoms. The highest BCUT2D eigenvalue weighted by atomic mass is 16.5. The molecule has 0 fully saturated rings. The van der Waals surface area contributed by atoms with Gasteiger partial charge in [0, 0.05) is 34.9 Å². The van der Waals surface area contributed by atoms with Gasteiger partial charge in [0.05, 0.1) is 0 Å². The summed E-state index contributed by atoms with van der Waals surface area (Å²) in [6.07, 6.45) is 2.83. The molecule has 2 aromatic carbocycles. The summed E-state index contributed by atoms with van der Waals surface area (Å²) in [4.78, 5) is 19.6. The van der Waals surface area contributed by atoms with Crippen LogP contribution in [0.1, 0.15) is 5.56 Å². The summed E-state index contributed by atoms with van der Waals surface area (Å²) in [6, 6.07) is 14.1. The minimum absolute atomic E-state index is 0.196. The van der Waals surface area contributed by atoms with Crippen LogP contribution in [0.25, 0.3) is 11.4 Å². The Kier molecular flexibility index (Phi) is 5.27. The molecule has 0 bridgehead atoms. The number of nitrogens with one attached hydrogen (secondary N) is 2. The van der Waals surface area contributed by atoms with Crippen LogP contribution in [0, 0.1) is 5.41 Å². The molecule has 0 saturated heterocycles. The van der Waals surface area contributed by atoms with E-state index in [2.05, 4.69) is 15.3 Å². The first-order valence-corrected chi connectivity index (χ1v) is 8.07. The standard InChI is InChI=1S/C19H18N6O2/c20-10-13-8-14(4-5-16(13)21)24-18-6-7-23-19(25-18)12-2-1-3-15(9-12)27-11-17(22)26/h1-10,20H,11,21H2,(H2,22,26)(H,23,24,25). The Morgan fingerprint density at radius 3 is 2.85 bits per heavy atom. The van der Waals surface area contributed by atoms with Gasteiger partial charge >= 0.3 is 0 Å². The average molecular weight is 362 g/mol. The fraction of sp³-hybridized carbons (Fsp3) is 0.0526. The zero-order valence-electron chi connectivity index (χ0n) is 14.3. The fourth-order valence-electron chi connectivity index (χ4n) is 2.37. The monoisotopic (exact) mass is 362 g/mol. The molecule has 8 heteroatoms. The molecule has 0 radical (unpaired) electrons. The molecule has 0 saturated carbocycles. The molecule has 27 heavy (non-hydrogen) atoms. The Bertz CT molecular complexity index is 989. The van der Waals surface area contributed by atoms with Gasteiger partial charge < -0.3 is 26.9 Å². The van der Waals surface area contributed by atoms with Crippen molar-refractivity contribution in [3.8, 4) is 17.1 Å². The molecule has 1 heterocycles. The van der Waals surface area contributed by atoms with Crippen LogP contribution in [-0.4, -0.2) is 28.7 Å². The normalized spacial score (nSPS) is 10.2. The average Bonchev–Trinajstić information content (AvgIpc) is 2.68. The largest absolute Gasteiger partial charge is 0.484 e. The van der Waals surface area contributed by atoms with Crippen LogP contribution >= 0.6 is 0 Å². The fourth-order valence-corrected chi connectivity index (χ4v) is 2.37. The summed E-state index contributed by atoms with van der Waals surface area (Å²) >= 11 is 0. The Hall–Kier alpha value is -3.94. The number of aromatic nitrogens is 2. The quantitative estimate of drug-likeness (QED) is 0.376. The second-order valence-corrected chi connectivity index (χ2v) is 5.66. The number of carbonyl (C=O) groups excluding carboxylic acids is 1. The number of ether oxygens (including phenoxy) is 1. The molecule has 8 nitrogen and oxygen atoms in total. The SMILES string of the molecule is N=Cc1cc(Nc2ccnc(-c3cccc(OCC(N)=O)c3)n2)ccc1N. The van der Waals surface area contributed by atoms with E-state index in [0.717, 1.165) is 11.3 Å². The molecule has 0 atom stereocenters. The zero-order chi connectivity index (χ0) is 19.2. The van der Waals surface area contributed by atoms with Crippen molar-refractivity contribution in [2.45, 2.75) is 0 Å². The highest BCUT2D eigenvalue weighted by Crippen LogP contribution is 2.24. The summed E-state index contributed by atoms with van der Waals surface area (Å²) in [5, 5.41) is 10.6. The molecule has 1 aromatic heterocycles. The predicted molar refractivity (Wildman–Crippen MR) is 104 cm³/mol. The molecule has 1 amide bonds. The van der Waals surface area contributed by atoms with Gasteiger partial charge in [-0.15, -0.1) is 0 Å². The Labute approximate surface area is 155 Å². The number of nitrogens with two attached hydrogens (primary N) is 2. The summed E-state index contributed by atoms with van der Waals surface area (Å²) in [5.41, 5.74) is 13.5. The number of benzene rings is 2. The van der Waals surface area contributed by atoms with Crippen molar-refractivity contribution >= 4 is 29.3 Å². The van der Waals surface area contributed by atoms with Crippen molar-refractivity contribution in [1.82, 2.24) is 9.97 Å². The lowest BCUT2D eigenvalue weighted by Gasteiger charge is -2.10. The maximum absolute atomic E-state index is 10.9. The van der Waals surface area contributed by atoms with Gasteiger partial charge in [-0.3, -0.25) is 4.79 Å². The van der Waals surface area contributed by atoms with Gasteiger partial charge in [-0.25, -0.2) is 9.97 Å². The van der Waals surface area contributed by atoms with E-state index in [4.69, 9.17) is 21.6 Å². The number of carbonyl (C=O) groups is 1. The first kappa shape index (κ1) is 17.9. The van der Waals surface area contributed by atoms with Crippen LogP contribution < -0.4 is 21.5 Å². The predicted octanol–water partition coefficient (Wildman–Crippen LogP) is 2.33. The summed E-state index contributed by atoms with van der Waals surface area (Å²) in [7, 11) is 0. The van der Waals surface area contributed by atoms with Crippen molar-refractivity contribution in [3.05, 3.63) is 60.3 Å². The van der Waals surface area contributed by atoms with Gasteiger partial charge in [0.2, 0.25) is 0 Å². The van der Waals surface area contributed by atoms with Gasteiger partial charge in [-0.1, -0.05) is 12.1 Å². The molecular formula is C19H18N6O2. The first-order valence-electron chi connectivity index (χ1n) is 8.07. The highest BCUT2D eigenvalue weighted by molar-refractivity contribution is 5.87. The van der Waals surface area contributed by atoms with E-state index in [1.165, 1.54) is 6.21 Å². The van der Waals surface area contributed by atoms with E-state index in [1.807, 2.05) is 12.1 Å². The lowest BCUT2D eigenvalue weighted by molar-refractivity contribution is -0.119. The van der Waals surface area contributed by atoms with Gasteiger partial charge in [0.15, 0.2) is 12.4 Å². The van der Waals surface area contributed by atoms with E-state index in [-0.39, 0.29) is 6.61 Å². The maximum atomic E-state index is 10.9. The van der Waals surface area contributed by atoms with E-state index in [0.29, 0.717) is 28.6 Å². The van der Waals surface area contributed by atoms with E-state index in [9.17, 15) is 4.79 Å². The maximum Gasteiger partial charge on any atom is 0.255 e. The number of rotatable bonds is 7. The smallest absolute Gasteiger partial charge is 0.255 e. The number of amides is 1. The Morgan fingerprint density at radius 1 is 1.22 bits per heavy atom. The van der Waals surface area contributed by atoms with Crippen molar-refractivity contribution in [1.29, 1.82) is 5.41 Å². The lowest BCUT2D eigenvalue weighted by atomic mass is 10.1.